The van der Waals surface area contributed by atoms with Crippen molar-refractivity contribution in [3.8, 4) is 28.2 Å². The average Bonchev–Trinajstić information content (AvgIpc) is 3.69. The first-order chi connectivity index (χ1) is 18.4. The van der Waals surface area contributed by atoms with Crippen LogP contribution in [0.4, 0.5) is 10.5 Å². The highest BCUT2D eigenvalue weighted by Gasteiger charge is 2.28. The van der Waals surface area contributed by atoms with Gasteiger partial charge in [-0.3, -0.25) is 14.7 Å². The normalized spacial score (nSPS) is 14.4. The standard InChI is InChI=1S/C25H20ClN9O3/c1-33(25(37)38)17-3-5-19(27-11-17)20-12-28-24(30-20)22-7-4-16-8-14(9-23(36)35(16)22)18-10-15(26)2-6-21(18)34-13-29-31-32-34/h2-3,5-6,8-13,22H,4,7H2,1H3,(H,28,30)(H,37,38). The summed E-state index contributed by atoms with van der Waals surface area (Å²) in [6.07, 6.45) is 4.97. The molecule has 0 aliphatic carbocycles. The first-order valence-corrected chi connectivity index (χ1v) is 12.0. The number of carboxylic acid groups (broad SMARTS) is 1. The Kier molecular flexibility index (Phi) is 5.72. The molecule has 1 aromatic carbocycles. The van der Waals surface area contributed by atoms with Crippen LogP contribution < -0.4 is 10.5 Å². The number of aromatic nitrogens is 8. The zero-order valence-electron chi connectivity index (χ0n) is 20.0. The van der Waals surface area contributed by atoms with Crippen LogP contribution in [0.1, 0.15) is 24.0 Å². The fourth-order valence-corrected chi connectivity index (χ4v) is 4.88. The van der Waals surface area contributed by atoms with Crippen LogP contribution in [0.2, 0.25) is 5.02 Å². The highest BCUT2D eigenvalue weighted by atomic mass is 35.5. The molecule has 1 unspecified atom stereocenters. The third-order valence-corrected chi connectivity index (χ3v) is 6.84. The topological polar surface area (TPSA) is 148 Å². The Morgan fingerprint density at radius 3 is 2.76 bits per heavy atom. The van der Waals surface area contributed by atoms with Gasteiger partial charge in [-0.15, -0.1) is 5.10 Å². The molecule has 6 rings (SSSR count). The maximum atomic E-state index is 13.4. The van der Waals surface area contributed by atoms with E-state index in [4.69, 9.17) is 16.7 Å². The quantitative estimate of drug-likeness (QED) is 0.351. The number of tetrazole rings is 1. The third kappa shape index (κ3) is 4.10. The molecule has 190 valence electrons. The van der Waals surface area contributed by atoms with Gasteiger partial charge in [-0.2, -0.15) is 4.68 Å². The molecule has 5 heterocycles. The summed E-state index contributed by atoms with van der Waals surface area (Å²) in [5.41, 5.74) is 4.66. The molecule has 0 saturated heterocycles. The smallest absolute Gasteiger partial charge is 0.411 e. The van der Waals surface area contributed by atoms with Crippen LogP contribution in [-0.2, 0) is 6.42 Å². The van der Waals surface area contributed by atoms with E-state index < -0.39 is 6.09 Å². The summed E-state index contributed by atoms with van der Waals surface area (Å²) in [6.45, 7) is 0. The lowest BCUT2D eigenvalue weighted by Gasteiger charge is -2.15. The second-order valence-corrected chi connectivity index (χ2v) is 9.28. The number of carbonyl (C=O) groups is 1. The number of imidazole rings is 1. The fourth-order valence-electron chi connectivity index (χ4n) is 4.71. The van der Waals surface area contributed by atoms with Crippen molar-refractivity contribution in [2.45, 2.75) is 18.9 Å². The van der Waals surface area contributed by atoms with Gasteiger partial charge in [0.1, 0.15) is 12.2 Å². The van der Waals surface area contributed by atoms with Gasteiger partial charge in [0.15, 0.2) is 0 Å². The Morgan fingerprint density at radius 2 is 2.03 bits per heavy atom. The van der Waals surface area contributed by atoms with Crippen LogP contribution >= 0.6 is 11.6 Å². The van der Waals surface area contributed by atoms with Gasteiger partial charge in [0.25, 0.3) is 5.56 Å². The third-order valence-electron chi connectivity index (χ3n) is 6.61. The SMILES string of the molecule is CN(C(=O)O)c1ccc(-c2cnc(C3CCc4cc(-c5cc(Cl)ccc5-n5cnnn5)cc(=O)n43)[nH]2)nc1. The van der Waals surface area contributed by atoms with Crippen LogP contribution in [0.15, 0.2) is 66.0 Å². The Morgan fingerprint density at radius 1 is 1.16 bits per heavy atom. The zero-order valence-corrected chi connectivity index (χ0v) is 20.7. The van der Waals surface area contributed by atoms with Crippen molar-refractivity contribution in [3.63, 3.8) is 0 Å². The largest absolute Gasteiger partial charge is 0.465 e. The van der Waals surface area contributed by atoms with Gasteiger partial charge in [-0.25, -0.2) is 9.78 Å². The Bertz CT molecular complexity index is 1710. The molecule has 0 bridgehead atoms. The lowest BCUT2D eigenvalue weighted by molar-refractivity contribution is 0.203. The average molecular weight is 530 g/mol. The van der Waals surface area contributed by atoms with Gasteiger partial charge < -0.3 is 14.7 Å². The minimum atomic E-state index is -1.07. The summed E-state index contributed by atoms with van der Waals surface area (Å²) >= 11 is 6.29. The summed E-state index contributed by atoms with van der Waals surface area (Å²) in [7, 11) is 1.45. The minimum Gasteiger partial charge on any atom is -0.465 e. The number of aryl methyl sites for hydroxylation is 1. The number of anilines is 1. The van der Waals surface area contributed by atoms with Crippen molar-refractivity contribution >= 4 is 23.4 Å². The van der Waals surface area contributed by atoms with E-state index in [2.05, 4.69) is 30.5 Å². The summed E-state index contributed by atoms with van der Waals surface area (Å²) < 4.78 is 3.29. The number of aromatic amines is 1. The number of amides is 1. The van der Waals surface area contributed by atoms with Gasteiger partial charge in [0.05, 0.1) is 41.2 Å². The van der Waals surface area contributed by atoms with Crippen molar-refractivity contribution in [3.05, 3.63) is 88.1 Å². The van der Waals surface area contributed by atoms with E-state index in [1.54, 1.807) is 41.1 Å². The maximum Gasteiger partial charge on any atom is 0.411 e. The molecule has 1 atom stereocenters. The first kappa shape index (κ1) is 23.6. The Balaban J connectivity index is 1.32. The molecule has 0 fully saturated rings. The van der Waals surface area contributed by atoms with Gasteiger partial charge in [-0.05, 0) is 65.2 Å². The summed E-state index contributed by atoms with van der Waals surface area (Å²) in [5.74, 6) is 0.652. The predicted molar refractivity (Wildman–Crippen MR) is 139 cm³/mol. The number of fused-ring (bicyclic) bond motifs is 1. The van der Waals surface area contributed by atoms with Gasteiger partial charge >= 0.3 is 6.09 Å². The highest BCUT2D eigenvalue weighted by molar-refractivity contribution is 6.31. The van der Waals surface area contributed by atoms with Crippen LogP contribution in [0.5, 0.6) is 0 Å². The van der Waals surface area contributed by atoms with Crippen LogP contribution in [0.25, 0.3) is 28.2 Å². The number of benzene rings is 1. The molecule has 1 amide bonds. The summed E-state index contributed by atoms with van der Waals surface area (Å²) in [4.78, 5) is 37.8. The fraction of sp³-hybridized carbons (Fsp3) is 0.160. The van der Waals surface area contributed by atoms with Gasteiger partial charge in [0, 0.05) is 29.4 Å². The molecule has 4 aromatic heterocycles. The molecule has 0 saturated carbocycles. The lowest BCUT2D eigenvalue weighted by Crippen LogP contribution is -2.24. The molecule has 2 N–H and O–H groups in total. The van der Waals surface area contributed by atoms with E-state index in [0.717, 1.165) is 21.7 Å². The molecule has 13 heteroatoms. The number of nitrogens with zero attached hydrogens (tertiary/aromatic N) is 8. The number of rotatable bonds is 5. The molecule has 0 spiro atoms. The number of hydrogen-bond acceptors (Lipinski definition) is 7. The predicted octanol–water partition coefficient (Wildman–Crippen LogP) is 3.58. The molecular weight excluding hydrogens is 510 g/mol. The monoisotopic (exact) mass is 529 g/mol. The van der Waals surface area contributed by atoms with E-state index in [-0.39, 0.29) is 11.6 Å². The molecule has 5 aromatic rings. The minimum absolute atomic E-state index is 0.153. The second kappa shape index (κ2) is 9.23. The molecular formula is C25H20ClN9O3. The van der Waals surface area contributed by atoms with E-state index in [1.807, 2.05) is 12.1 Å². The Labute approximate surface area is 220 Å². The van der Waals surface area contributed by atoms with Crippen LogP contribution in [0, 0.1) is 0 Å². The van der Waals surface area contributed by atoms with Crippen molar-refractivity contribution in [1.82, 2.24) is 39.7 Å². The first-order valence-electron chi connectivity index (χ1n) is 11.7. The van der Waals surface area contributed by atoms with E-state index >= 15 is 0 Å². The van der Waals surface area contributed by atoms with E-state index in [1.165, 1.54) is 24.3 Å². The lowest BCUT2D eigenvalue weighted by atomic mass is 10.0. The number of H-pyrrole nitrogens is 1. The van der Waals surface area contributed by atoms with Crippen molar-refractivity contribution in [1.29, 1.82) is 0 Å². The number of pyridine rings is 2. The number of hydrogen-bond donors (Lipinski definition) is 2. The second-order valence-electron chi connectivity index (χ2n) is 8.84. The summed E-state index contributed by atoms with van der Waals surface area (Å²) in [6, 6.07) is 12.1. The van der Waals surface area contributed by atoms with E-state index in [0.29, 0.717) is 46.5 Å². The molecule has 38 heavy (non-hydrogen) atoms. The molecule has 1 aliphatic heterocycles. The molecule has 0 radical (unpaired) electrons. The maximum absolute atomic E-state index is 13.4. The highest BCUT2D eigenvalue weighted by Crippen LogP contribution is 2.34. The Hall–Kier alpha value is -4.84. The van der Waals surface area contributed by atoms with Crippen molar-refractivity contribution < 1.29 is 9.90 Å². The van der Waals surface area contributed by atoms with Crippen molar-refractivity contribution in [2.24, 2.45) is 0 Å². The van der Waals surface area contributed by atoms with Gasteiger partial charge in [-0.1, -0.05) is 11.6 Å². The molecule has 1 aliphatic rings. The number of nitrogens with one attached hydrogen (secondary N) is 1. The van der Waals surface area contributed by atoms with Crippen LogP contribution in [0.3, 0.4) is 0 Å². The zero-order chi connectivity index (χ0) is 26.4. The molecule has 12 nitrogen and oxygen atoms in total. The number of halogens is 1. The van der Waals surface area contributed by atoms with Crippen molar-refractivity contribution in [2.75, 3.05) is 11.9 Å². The van der Waals surface area contributed by atoms with Gasteiger partial charge in [0.2, 0.25) is 0 Å². The summed E-state index contributed by atoms with van der Waals surface area (Å²) in [5, 5.41) is 21.1. The van der Waals surface area contributed by atoms with Crippen LogP contribution in [-0.4, -0.2) is 58.0 Å². The van der Waals surface area contributed by atoms with E-state index in [9.17, 15) is 9.59 Å².